The molecule has 1 aliphatic rings. The number of carbonyl (C=O) groups is 1. The molecule has 0 amide bonds. The number of aromatic nitrogens is 2. The van der Waals surface area contributed by atoms with Crippen LogP contribution in [0.25, 0.3) is 0 Å². The number of nitrogens with zero attached hydrogens (tertiary/aromatic N) is 2. The van der Waals surface area contributed by atoms with Crippen LogP contribution in [-0.2, 0) is 17.8 Å². The van der Waals surface area contributed by atoms with Gasteiger partial charge in [-0.15, -0.1) is 0 Å². The van der Waals surface area contributed by atoms with Gasteiger partial charge in [-0.1, -0.05) is 11.6 Å². The Labute approximate surface area is 112 Å². The van der Waals surface area contributed by atoms with Gasteiger partial charge in [0.1, 0.15) is 0 Å². The largest absolute Gasteiger partial charge is 0.319 e. The van der Waals surface area contributed by atoms with Gasteiger partial charge in [0.15, 0.2) is 5.78 Å². The van der Waals surface area contributed by atoms with E-state index in [1.165, 1.54) is 0 Å². The fourth-order valence-electron chi connectivity index (χ4n) is 2.29. The van der Waals surface area contributed by atoms with Crippen LogP contribution in [0.4, 0.5) is 0 Å². The average Bonchev–Trinajstić information content (AvgIpc) is 3.12. The molecule has 2 N–H and O–H groups in total. The van der Waals surface area contributed by atoms with Gasteiger partial charge in [0.05, 0.1) is 28.4 Å². The summed E-state index contributed by atoms with van der Waals surface area (Å²) >= 11 is 6.21. The molecule has 2 rings (SSSR count). The van der Waals surface area contributed by atoms with Crippen molar-refractivity contribution in [2.45, 2.75) is 52.1 Å². The lowest BCUT2D eigenvalue weighted by molar-refractivity contribution is -0.123. The van der Waals surface area contributed by atoms with E-state index in [1.807, 2.05) is 20.8 Å². The maximum atomic E-state index is 12.3. The van der Waals surface area contributed by atoms with Crippen molar-refractivity contribution in [1.82, 2.24) is 9.78 Å². The Hall–Kier alpha value is -0.870. The van der Waals surface area contributed by atoms with E-state index in [-0.39, 0.29) is 12.2 Å². The summed E-state index contributed by atoms with van der Waals surface area (Å²) in [4.78, 5) is 12.3. The molecule has 1 saturated carbocycles. The van der Waals surface area contributed by atoms with E-state index in [2.05, 4.69) is 5.10 Å². The molecule has 1 aromatic heterocycles. The van der Waals surface area contributed by atoms with Crippen LogP contribution >= 0.6 is 11.6 Å². The second-order valence-corrected chi connectivity index (χ2v) is 5.70. The number of hydrogen-bond acceptors (Lipinski definition) is 3. The van der Waals surface area contributed by atoms with Crippen LogP contribution in [0.1, 0.15) is 38.1 Å². The van der Waals surface area contributed by atoms with Crippen LogP contribution in [0.2, 0.25) is 5.02 Å². The van der Waals surface area contributed by atoms with E-state index in [1.54, 1.807) is 4.68 Å². The first-order chi connectivity index (χ1) is 8.37. The highest BCUT2D eigenvalue weighted by Gasteiger charge is 2.43. The summed E-state index contributed by atoms with van der Waals surface area (Å²) in [6.07, 6.45) is 2.38. The van der Waals surface area contributed by atoms with Crippen LogP contribution in [-0.4, -0.2) is 21.1 Å². The minimum absolute atomic E-state index is 0.0569. The molecule has 1 atom stereocenters. The van der Waals surface area contributed by atoms with Crippen LogP contribution in [0.5, 0.6) is 0 Å². The minimum Gasteiger partial charge on any atom is -0.319 e. The van der Waals surface area contributed by atoms with Gasteiger partial charge in [-0.25, -0.2) is 0 Å². The highest BCUT2D eigenvalue weighted by molar-refractivity contribution is 6.32. The van der Waals surface area contributed by atoms with E-state index in [9.17, 15) is 4.79 Å². The second kappa shape index (κ2) is 4.67. The molecule has 4 nitrogen and oxygen atoms in total. The molecular weight excluding hydrogens is 250 g/mol. The molecule has 1 aromatic rings. The number of ketones is 1. The average molecular weight is 270 g/mol. The summed E-state index contributed by atoms with van der Waals surface area (Å²) in [5.41, 5.74) is 6.98. The van der Waals surface area contributed by atoms with Crippen molar-refractivity contribution in [2.75, 3.05) is 0 Å². The van der Waals surface area contributed by atoms with Gasteiger partial charge < -0.3 is 5.73 Å². The quantitative estimate of drug-likeness (QED) is 0.891. The summed E-state index contributed by atoms with van der Waals surface area (Å²) in [5.74, 6) is 0.393. The number of rotatable bonds is 5. The smallest absolute Gasteiger partial charge is 0.158 e. The zero-order valence-electron chi connectivity index (χ0n) is 11.2. The molecular formula is C13H20ClN3O. The maximum Gasteiger partial charge on any atom is 0.158 e. The Morgan fingerprint density at radius 2 is 2.22 bits per heavy atom. The van der Waals surface area contributed by atoms with Gasteiger partial charge in [-0.2, -0.15) is 5.10 Å². The molecule has 5 heteroatoms. The first-order valence-corrected chi connectivity index (χ1v) is 6.79. The second-order valence-electron chi connectivity index (χ2n) is 5.32. The molecule has 0 spiro atoms. The minimum atomic E-state index is -0.722. The predicted octanol–water partition coefficient (Wildman–Crippen LogP) is 2.10. The number of hydrogen-bond donors (Lipinski definition) is 1. The molecule has 0 aliphatic heterocycles. The zero-order chi connectivity index (χ0) is 13.5. The molecule has 0 saturated heterocycles. The molecule has 1 unspecified atom stereocenters. The Morgan fingerprint density at radius 3 is 2.72 bits per heavy atom. The molecule has 1 aliphatic carbocycles. The number of halogens is 1. The van der Waals surface area contributed by atoms with Crippen molar-refractivity contribution >= 4 is 17.4 Å². The zero-order valence-corrected chi connectivity index (χ0v) is 11.9. The summed E-state index contributed by atoms with van der Waals surface area (Å²) in [6.45, 7) is 6.38. The summed E-state index contributed by atoms with van der Waals surface area (Å²) in [6, 6.07) is 0. The van der Waals surface area contributed by atoms with E-state index >= 15 is 0 Å². The van der Waals surface area contributed by atoms with Gasteiger partial charge in [0.25, 0.3) is 0 Å². The van der Waals surface area contributed by atoms with Gasteiger partial charge in [-0.3, -0.25) is 9.48 Å². The van der Waals surface area contributed by atoms with Crippen molar-refractivity contribution in [3.63, 3.8) is 0 Å². The normalized spacial score (nSPS) is 18.7. The van der Waals surface area contributed by atoms with E-state index in [4.69, 9.17) is 17.3 Å². The lowest BCUT2D eigenvalue weighted by Gasteiger charge is -2.22. The highest BCUT2D eigenvalue weighted by Crippen LogP contribution is 2.39. The monoisotopic (exact) mass is 269 g/mol. The number of Topliss-reactive ketones (excluding diaryl/α,β-unsaturated/α-hetero) is 1. The van der Waals surface area contributed by atoms with Gasteiger partial charge in [-0.05, 0) is 39.5 Å². The van der Waals surface area contributed by atoms with E-state index < -0.39 is 5.54 Å². The molecule has 18 heavy (non-hydrogen) atoms. The Morgan fingerprint density at radius 1 is 1.61 bits per heavy atom. The molecule has 1 heterocycles. The van der Waals surface area contributed by atoms with Crippen molar-refractivity contribution in [1.29, 1.82) is 0 Å². The molecule has 0 bridgehead atoms. The van der Waals surface area contributed by atoms with Gasteiger partial charge in [0, 0.05) is 6.54 Å². The first kappa shape index (κ1) is 13.6. The van der Waals surface area contributed by atoms with Crippen LogP contribution in [0.3, 0.4) is 0 Å². The Balaban J connectivity index is 2.21. The van der Waals surface area contributed by atoms with Crippen LogP contribution < -0.4 is 5.73 Å². The van der Waals surface area contributed by atoms with Crippen molar-refractivity contribution in [2.24, 2.45) is 11.7 Å². The number of aryl methyl sites for hydroxylation is 2. The fraction of sp³-hybridized carbons (Fsp3) is 0.692. The van der Waals surface area contributed by atoms with E-state index in [0.29, 0.717) is 17.5 Å². The van der Waals surface area contributed by atoms with Crippen LogP contribution in [0, 0.1) is 12.8 Å². The summed E-state index contributed by atoms with van der Waals surface area (Å²) < 4.78 is 1.79. The standard InChI is InChI=1S/C13H20ClN3O/c1-4-17-10(12(14)8(2)16-17)7-11(18)13(3,15)9-5-6-9/h9H,4-7,15H2,1-3H3. The third-order valence-corrected chi connectivity index (χ3v) is 4.30. The molecule has 100 valence electrons. The SMILES string of the molecule is CCn1nc(C)c(Cl)c1CC(=O)C(C)(N)C1CC1. The summed E-state index contributed by atoms with van der Waals surface area (Å²) in [7, 11) is 0. The lowest BCUT2D eigenvalue weighted by Crippen LogP contribution is -2.48. The maximum absolute atomic E-state index is 12.3. The van der Waals surface area contributed by atoms with Crippen LogP contribution in [0.15, 0.2) is 0 Å². The van der Waals surface area contributed by atoms with Gasteiger partial charge in [0.2, 0.25) is 0 Å². The first-order valence-electron chi connectivity index (χ1n) is 6.41. The number of carbonyl (C=O) groups excluding carboxylic acids is 1. The summed E-state index contributed by atoms with van der Waals surface area (Å²) in [5, 5.41) is 4.91. The van der Waals surface area contributed by atoms with E-state index in [0.717, 1.165) is 24.2 Å². The van der Waals surface area contributed by atoms with Crippen molar-refractivity contribution in [3.05, 3.63) is 16.4 Å². The lowest BCUT2D eigenvalue weighted by atomic mass is 9.89. The highest BCUT2D eigenvalue weighted by atomic mass is 35.5. The molecule has 1 fully saturated rings. The molecule has 0 aromatic carbocycles. The van der Waals surface area contributed by atoms with Gasteiger partial charge >= 0.3 is 0 Å². The topological polar surface area (TPSA) is 60.9 Å². The third kappa shape index (κ3) is 2.31. The Bertz CT molecular complexity index is 475. The van der Waals surface area contributed by atoms with Crippen molar-refractivity contribution in [3.8, 4) is 0 Å². The van der Waals surface area contributed by atoms with Crippen molar-refractivity contribution < 1.29 is 4.79 Å². The third-order valence-electron chi connectivity index (χ3n) is 3.81. The predicted molar refractivity (Wildman–Crippen MR) is 71.7 cm³/mol. The number of nitrogens with two attached hydrogens (primary N) is 1. The Kier molecular flexibility index (Phi) is 3.52. The fourth-order valence-corrected chi connectivity index (χ4v) is 2.49. The molecule has 0 radical (unpaired) electrons.